The van der Waals surface area contributed by atoms with Crippen LogP contribution in [0.5, 0.6) is 0 Å². The summed E-state index contributed by atoms with van der Waals surface area (Å²) in [6, 6.07) is 10.4. The third-order valence-corrected chi connectivity index (χ3v) is 5.19. The average Bonchev–Trinajstić information content (AvgIpc) is 2.77. The van der Waals surface area contributed by atoms with Gasteiger partial charge in [0.1, 0.15) is 14.2 Å². The second-order valence-corrected chi connectivity index (χ2v) is 6.97. The normalized spacial score (nSPS) is 11.4. The minimum absolute atomic E-state index is 0.279. The predicted molar refractivity (Wildman–Crippen MR) is 72.3 cm³/mol. The molecule has 3 N–H and O–H groups in total. The van der Waals surface area contributed by atoms with E-state index in [0.717, 1.165) is 10.4 Å². The van der Waals surface area contributed by atoms with E-state index in [0.29, 0.717) is 12.2 Å². The maximum absolute atomic E-state index is 12.0. The first-order chi connectivity index (χ1) is 8.51. The first-order valence-corrected chi connectivity index (χ1v) is 7.69. The quantitative estimate of drug-likeness (QED) is 0.933. The number of quaternary nitrogens is 1. The zero-order valence-electron chi connectivity index (χ0n) is 9.96. The average molecular weight is 282 g/mol. The SMILES string of the molecule is Cc1ccc(S(=O)(=O)[N-]c2ccc(C[NH3+])cc2)s1. The standard InChI is InChI=1S/C12H13N2O2S2/c1-9-2-7-12(17-9)18(15,16)14-11-5-3-10(8-13)4-6-11/h2-7H,8,13H2,1H3/q-1/p+1. The highest BCUT2D eigenvalue weighted by molar-refractivity contribution is 7.96. The maximum atomic E-state index is 12.0. The lowest BCUT2D eigenvalue weighted by Crippen LogP contribution is -2.47. The molecule has 0 radical (unpaired) electrons. The van der Waals surface area contributed by atoms with Gasteiger partial charge in [0.05, 0.1) is 6.54 Å². The highest BCUT2D eigenvalue weighted by Gasteiger charge is 2.07. The highest BCUT2D eigenvalue weighted by Crippen LogP contribution is 2.31. The van der Waals surface area contributed by atoms with E-state index in [1.807, 2.05) is 19.1 Å². The van der Waals surface area contributed by atoms with Crippen molar-refractivity contribution in [3.05, 3.63) is 51.6 Å². The molecule has 96 valence electrons. The number of aryl methyl sites for hydroxylation is 1. The zero-order chi connectivity index (χ0) is 13.2. The smallest absolute Gasteiger partial charge is 0.132 e. The number of hydrogen-bond acceptors (Lipinski definition) is 3. The summed E-state index contributed by atoms with van der Waals surface area (Å²) in [5.74, 6) is 0. The number of sulfonamides is 1. The molecule has 2 rings (SSSR count). The molecule has 0 unspecified atom stereocenters. The fourth-order valence-corrected chi connectivity index (χ4v) is 3.70. The number of benzene rings is 1. The number of nitrogens with zero attached hydrogens (tertiary/aromatic N) is 1. The minimum atomic E-state index is -3.58. The van der Waals surface area contributed by atoms with Crippen LogP contribution in [0.25, 0.3) is 4.72 Å². The Labute approximate surface area is 111 Å². The molecule has 0 bridgehead atoms. The van der Waals surface area contributed by atoms with Crippen molar-refractivity contribution in [2.24, 2.45) is 0 Å². The Morgan fingerprint density at radius 1 is 1.17 bits per heavy atom. The summed E-state index contributed by atoms with van der Waals surface area (Å²) in [5.41, 5.74) is 5.26. The third kappa shape index (κ3) is 2.90. The van der Waals surface area contributed by atoms with Crippen molar-refractivity contribution in [1.29, 1.82) is 0 Å². The molecule has 0 aliphatic carbocycles. The van der Waals surface area contributed by atoms with Crippen LogP contribution in [0.1, 0.15) is 10.4 Å². The van der Waals surface area contributed by atoms with Gasteiger partial charge in [-0.15, -0.1) is 17.0 Å². The first-order valence-electron chi connectivity index (χ1n) is 5.44. The Hall–Kier alpha value is -1.37. The van der Waals surface area contributed by atoms with Gasteiger partial charge in [-0.05, 0) is 19.1 Å². The predicted octanol–water partition coefficient (Wildman–Crippen LogP) is 2.19. The molecular weight excluding hydrogens is 268 g/mol. The third-order valence-electron chi connectivity index (χ3n) is 2.42. The lowest BCUT2D eigenvalue weighted by Gasteiger charge is -2.20. The largest absolute Gasteiger partial charge is 0.572 e. The summed E-state index contributed by atoms with van der Waals surface area (Å²) >= 11 is 1.23. The molecule has 0 amide bonds. The summed E-state index contributed by atoms with van der Waals surface area (Å²) in [5, 5.41) is 0. The molecular formula is C12H14N2O2S2. The zero-order valence-corrected chi connectivity index (χ0v) is 11.6. The molecule has 0 aliphatic rings. The van der Waals surface area contributed by atoms with Gasteiger partial charge in [-0.25, -0.2) is 8.42 Å². The van der Waals surface area contributed by atoms with E-state index in [4.69, 9.17) is 0 Å². The van der Waals surface area contributed by atoms with Crippen LogP contribution in [-0.4, -0.2) is 8.42 Å². The van der Waals surface area contributed by atoms with E-state index in [9.17, 15) is 8.42 Å². The van der Waals surface area contributed by atoms with Crippen molar-refractivity contribution in [3.8, 4) is 0 Å². The Bertz CT molecular complexity index is 630. The van der Waals surface area contributed by atoms with Crippen LogP contribution in [0.2, 0.25) is 0 Å². The van der Waals surface area contributed by atoms with E-state index < -0.39 is 10.0 Å². The van der Waals surface area contributed by atoms with Gasteiger partial charge < -0.3 is 10.5 Å². The van der Waals surface area contributed by atoms with E-state index >= 15 is 0 Å². The highest BCUT2D eigenvalue weighted by atomic mass is 32.2. The topological polar surface area (TPSA) is 75.9 Å². The Balaban J connectivity index is 2.22. The molecule has 0 atom stereocenters. The number of rotatable bonds is 4. The number of hydrogen-bond donors (Lipinski definition) is 1. The molecule has 1 heterocycles. The number of thiophene rings is 1. The second kappa shape index (κ2) is 5.09. The Morgan fingerprint density at radius 3 is 2.33 bits per heavy atom. The fourth-order valence-electron chi connectivity index (χ4n) is 1.46. The molecule has 0 aliphatic heterocycles. The van der Waals surface area contributed by atoms with Gasteiger partial charge in [0.25, 0.3) is 0 Å². The van der Waals surface area contributed by atoms with Crippen molar-refractivity contribution < 1.29 is 14.2 Å². The van der Waals surface area contributed by atoms with E-state index in [-0.39, 0.29) is 4.21 Å². The van der Waals surface area contributed by atoms with Crippen LogP contribution < -0.4 is 5.73 Å². The van der Waals surface area contributed by atoms with Gasteiger partial charge in [-0.2, -0.15) is 0 Å². The van der Waals surface area contributed by atoms with Crippen LogP contribution in [0.3, 0.4) is 0 Å². The molecule has 1 aromatic carbocycles. The van der Waals surface area contributed by atoms with Crippen molar-refractivity contribution in [1.82, 2.24) is 0 Å². The summed E-state index contributed by atoms with van der Waals surface area (Å²) in [6.07, 6.45) is 0. The summed E-state index contributed by atoms with van der Waals surface area (Å²) in [7, 11) is -3.58. The first kappa shape index (κ1) is 13.1. The minimum Gasteiger partial charge on any atom is -0.572 e. The van der Waals surface area contributed by atoms with Gasteiger partial charge in [0.15, 0.2) is 0 Å². The molecule has 1 aromatic heterocycles. The molecule has 4 nitrogen and oxygen atoms in total. The van der Waals surface area contributed by atoms with Crippen molar-refractivity contribution >= 4 is 27.0 Å². The lowest BCUT2D eigenvalue weighted by atomic mass is 10.2. The van der Waals surface area contributed by atoms with Crippen molar-refractivity contribution in [3.63, 3.8) is 0 Å². The summed E-state index contributed by atoms with van der Waals surface area (Å²) in [6.45, 7) is 2.55. The fraction of sp³-hybridized carbons (Fsp3) is 0.167. The van der Waals surface area contributed by atoms with Gasteiger partial charge in [0, 0.05) is 10.4 Å². The molecule has 18 heavy (non-hydrogen) atoms. The lowest BCUT2D eigenvalue weighted by molar-refractivity contribution is -0.386. The van der Waals surface area contributed by atoms with Gasteiger partial charge in [-0.3, -0.25) is 0 Å². The molecule has 6 heteroatoms. The van der Waals surface area contributed by atoms with Crippen molar-refractivity contribution in [2.45, 2.75) is 17.7 Å². The van der Waals surface area contributed by atoms with Crippen LogP contribution in [0.15, 0.2) is 40.6 Å². The molecule has 0 saturated carbocycles. The summed E-state index contributed by atoms with van der Waals surface area (Å²) < 4.78 is 28.1. The van der Waals surface area contributed by atoms with E-state index in [2.05, 4.69) is 10.5 Å². The van der Waals surface area contributed by atoms with Crippen LogP contribution in [0.4, 0.5) is 5.69 Å². The van der Waals surface area contributed by atoms with Gasteiger partial charge in [-0.1, -0.05) is 24.3 Å². The molecule has 0 saturated heterocycles. The molecule has 0 spiro atoms. The van der Waals surface area contributed by atoms with E-state index in [1.54, 1.807) is 24.3 Å². The van der Waals surface area contributed by atoms with Gasteiger partial charge in [0.2, 0.25) is 0 Å². The Kier molecular flexibility index (Phi) is 3.70. The second-order valence-electron chi connectivity index (χ2n) is 3.85. The van der Waals surface area contributed by atoms with Gasteiger partial charge >= 0.3 is 0 Å². The maximum Gasteiger partial charge on any atom is 0.132 e. The van der Waals surface area contributed by atoms with Crippen LogP contribution in [0, 0.1) is 6.92 Å². The van der Waals surface area contributed by atoms with Crippen LogP contribution >= 0.6 is 11.3 Å². The molecule has 0 fully saturated rings. The van der Waals surface area contributed by atoms with Crippen molar-refractivity contribution in [2.75, 3.05) is 0 Å². The Morgan fingerprint density at radius 2 is 1.83 bits per heavy atom. The summed E-state index contributed by atoms with van der Waals surface area (Å²) in [4.78, 5) is 0.955. The van der Waals surface area contributed by atoms with E-state index in [1.165, 1.54) is 11.3 Å². The monoisotopic (exact) mass is 282 g/mol. The van der Waals surface area contributed by atoms with Crippen LogP contribution in [-0.2, 0) is 16.6 Å². The molecule has 2 aromatic rings.